The molecular formula is C23H24FN5O. The van der Waals surface area contributed by atoms with Crippen molar-refractivity contribution in [1.29, 1.82) is 0 Å². The van der Waals surface area contributed by atoms with E-state index in [1.165, 1.54) is 24.9 Å². The largest absolute Gasteiger partial charge is 0.349 e. The Kier molecular flexibility index (Phi) is 4.50. The first kappa shape index (κ1) is 18.7. The number of hydrogen-bond acceptors (Lipinski definition) is 5. The minimum atomic E-state index is -0.342. The number of aromatic nitrogens is 4. The highest BCUT2D eigenvalue weighted by Crippen LogP contribution is 2.39. The Hall–Kier alpha value is -3.27. The number of nitrogens with zero attached hydrogens (tertiary/aromatic N) is 5. The summed E-state index contributed by atoms with van der Waals surface area (Å²) < 4.78 is 15.3. The molecule has 0 N–H and O–H groups in total. The SMILES string of the molecule is CC1(C#CC(=O)c2cnn3ccc(N4CCCC4c4cncc(F)c4)nc23)CCC1.[HH]. The number of ketones is 1. The molecule has 2 aliphatic rings. The van der Waals surface area contributed by atoms with Gasteiger partial charge < -0.3 is 4.90 Å². The average molecular weight is 405 g/mol. The quantitative estimate of drug-likeness (QED) is 0.371. The van der Waals surface area contributed by atoms with Crippen LogP contribution in [0.25, 0.3) is 5.65 Å². The van der Waals surface area contributed by atoms with Crippen LogP contribution < -0.4 is 4.90 Å². The van der Waals surface area contributed by atoms with Crippen LogP contribution in [0.1, 0.15) is 62.4 Å². The Morgan fingerprint density at radius 3 is 2.93 bits per heavy atom. The highest BCUT2D eigenvalue weighted by molar-refractivity contribution is 6.12. The molecular weight excluding hydrogens is 381 g/mol. The van der Waals surface area contributed by atoms with Gasteiger partial charge in [-0.05, 0) is 56.2 Å². The Morgan fingerprint density at radius 2 is 2.17 bits per heavy atom. The van der Waals surface area contributed by atoms with Crippen LogP contribution in [-0.4, -0.2) is 31.9 Å². The van der Waals surface area contributed by atoms with E-state index in [0.29, 0.717) is 11.2 Å². The molecule has 3 aromatic heterocycles. The molecule has 6 nitrogen and oxygen atoms in total. The molecule has 2 fully saturated rings. The summed E-state index contributed by atoms with van der Waals surface area (Å²) in [6, 6.07) is 3.41. The van der Waals surface area contributed by atoms with Crippen LogP contribution in [0.15, 0.2) is 36.9 Å². The first-order valence-electron chi connectivity index (χ1n) is 10.3. The van der Waals surface area contributed by atoms with Crippen molar-refractivity contribution in [2.24, 2.45) is 5.41 Å². The van der Waals surface area contributed by atoms with Crippen LogP contribution in [0.3, 0.4) is 0 Å². The second-order valence-corrected chi connectivity index (χ2v) is 8.39. The van der Waals surface area contributed by atoms with Crippen molar-refractivity contribution in [3.8, 4) is 11.8 Å². The van der Waals surface area contributed by atoms with E-state index in [9.17, 15) is 9.18 Å². The zero-order valence-corrected chi connectivity index (χ0v) is 16.8. The molecule has 0 bridgehead atoms. The van der Waals surface area contributed by atoms with E-state index < -0.39 is 0 Å². The van der Waals surface area contributed by atoms with Gasteiger partial charge in [0.2, 0.25) is 5.78 Å². The number of Topliss-reactive ketones (excluding diaryl/α,β-unsaturated/α-hetero) is 1. The van der Waals surface area contributed by atoms with E-state index in [1.807, 2.05) is 6.07 Å². The summed E-state index contributed by atoms with van der Waals surface area (Å²) in [6.45, 7) is 2.90. The molecule has 1 saturated carbocycles. The minimum absolute atomic E-state index is 0. The number of halogens is 1. The topological polar surface area (TPSA) is 63.4 Å². The van der Waals surface area contributed by atoms with Crippen molar-refractivity contribution in [1.82, 2.24) is 19.6 Å². The van der Waals surface area contributed by atoms with Gasteiger partial charge in [0, 0.05) is 25.8 Å². The molecule has 0 radical (unpaired) electrons. The summed E-state index contributed by atoms with van der Waals surface area (Å²) in [4.78, 5) is 23.6. The molecule has 1 saturated heterocycles. The van der Waals surface area contributed by atoms with Gasteiger partial charge in [0.1, 0.15) is 11.6 Å². The molecule has 4 heterocycles. The standard InChI is InChI=1S/C23H22FN5O.H2/c1-23(7-3-8-23)9-5-20(30)18-15-26-29-11-6-21(27-22(18)29)28-10-2-4-19(28)16-12-17(24)14-25-13-16;/h6,11-15,19H,2-4,7-8,10H2,1H3;1H. The molecule has 5 rings (SSSR count). The first-order chi connectivity index (χ1) is 14.5. The second-order valence-electron chi connectivity index (χ2n) is 8.39. The summed E-state index contributed by atoms with van der Waals surface area (Å²) in [5.74, 6) is 6.08. The lowest BCUT2D eigenvalue weighted by atomic mass is 9.71. The van der Waals surface area contributed by atoms with Gasteiger partial charge in [-0.15, -0.1) is 0 Å². The van der Waals surface area contributed by atoms with Crippen molar-refractivity contribution in [3.05, 3.63) is 53.9 Å². The van der Waals surface area contributed by atoms with Gasteiger partial charge in [-0.1, -0.05) is 12.3 Å². The maximum atomic E-state index is 13.7. The Balaban J connectivity index is 0.00000231. The molecule has 1 atom stereocenters. The van der Waals surface area contributed by atoms with Gasteiger partial charge in [0.15, 0.2) is 5.65 Å². The fraction of sp³-hybridized carbons (Fsp3) is 0.391. The molecule has 1 unspecified atom stereocenters. The summed E-state index contributed by atoms with van der Waals surface area (Å²) >= 11 is 0. The van der Waals surface area contributed by atoms with Gasteiger partial charge in [0.05, 0.1) is 24.0 Å². The number of rotatable bonds is 3. The lowest BCUT2D eigenvalue weighted by Gasteiger charge is -2.32. The molecule has 1 aliphatic carbocycles. The number of anilines is 1. The van der Waals surface area contributed by atoms with E-state index in [1.54, 1.807) is 16.9 Å². The first-order valence-corrected chi connectivity index (χ1v) is 10.3. The van der Waals surface area contributed by atoms with Crippen molar-refractivity contribution in [2.75, 3.05) is 11.4 Å². The average Bonchev–Trinajstić information content (AvgIpc) is 3.37. The van der Waals surface area contributed by atoms with Gasteiger partial charge in [-0.2, -0.15) is 5.10 Å². The van der Waals surface area contributed by atoms with Crippen LogP contribution in [0, 0.1) is 23.1 Å². The lowest BCUT2D eigenvalue weighted by molar-refractivity contribution is 0.105. The van der Waals surface area contributed by atoms with Crippen molar-refractivity contribution in [2.45, 2.75) is 45.1 Å². The van der Waals surface area contributed by atoms with E-state index >= 15 is 0 Å². The van der Waals surface area contributed by atoms with Gasteiger partial charge in [0.25, 0.3) is 0 Å². The van der Waals surface area contributed by atoms with Crippen molar-refractivity contribution in [3.63, 3.8) is 0 Å². The van der Waals surface area contributed by atoms with Crippen LogP contribution in [-0.2, 0) is 0 Å². The Morgan fingerprint density at radius 1 is 1.30 bits per heavy atom. The van der Waals surface area contributed by atoms with Crippen molar-refractivity contribution >= 4 is 17.2 Å². The molecule has 3 aromatic rings. The van der Waals surface area contributed by atoms with Crippen LogP contribution in [0.5, 0.6) is 0 Å². The van der Waals surface area contributed by atoms with E-state index in [-0.39, 0.29) is 24.5 Å². The second kappa shape index (κ2) is 7.21. The number of fused-ring (bicyclic) bond motifs is 1. The predicted molar refractivity (Wildman–Crippen MR) is 113 cm³/mol. The molecule has 154 valence electrons. The van der Waals surface area contributed by atoms with E-state index in [4.69, 9.17) is 4.98 Å². The molecule has 0 aromatic carbocycles. The highest BCUT2D eigenvalue weighted by Gasteiger charge is 2.30. The van der Waals surface area contributed by atoms with E-state index in [2.05, 4.69) is 33.7 Å². The molecule has 1 aliphatic heterocycles. The minimum Gasteiger partial charge on any atom is -0.349 e. The zero-order valence-electron chi connectivity index (χ0n) is 16.8. The monoisotopic (exact) mass is 405 g/mol. The maximum Gasteiger partial charge on any atom is 0.241 e. The lowest BCUT2D eigenvalue weighted by Crippen LogP contribution is -2.24. The third-order valence-electron chi connectivity index (χ3n) is 6.19. The number of pyridine rings is 1. The van der Waals surface area contributed by atoms with Gasteiger partial charge >= 0.3 is 0 Å². The Bertz CT molecular complexity index is 1190. The fourth-order valence-corrected chi connectivity index (χ4v) is 4.28. The number of carbonyl (C=O) groups is 1. The number of carbonyl (C=O) groups excluding carboxylic acids is 1. The number of hydrogen-bond donors (Lipinski definition) is 0. The van der Waals surface area contributed by atoms with Crippen LogP contribution in [0.2, 0.25) is 0 Å². The van der Waals surface area contributed by atoms with Crippen molar-refractivity contribution < 1.29 is 10.6 Å². The third kappa shape index (κ3) is 3.32. The molecule has 7 heteroatoms. The Labute approximate surface area is 175 Å². The highest BCUT2D eigenvalue weighted by atomic mass is 19.1. The predicted octanol–water partition coefficient (Wildman–Crippen LogP) is 4.23. The maximum absolute atomic E-state index is 13.7. The van der Waals surface area contributed by atoms with Gasteiger partial charge in [-0.25, -0.2) is 13.9 Å². The molecule has 0 spiro atoms. The summed E-state index contributed by atoms with van der Waals surface area (Å²) in [6.07, 6.45) is 11.4. The molecule has 30 heavy (non-hydrogen) atoms. The van der Waals surface area contributed by atoms with Gasteiger partial charge in [-0.3, -0.25) is 9.78 Å². The fourth-order valence-electron chi connectivity index (χ4n) is 4.28. The zero-order chi connectivity index (χ0) is 20.7. The molecule has 0 amide bonds. The third-order valence-corrected chi connectivity index (χ3v) is 6.19. The smallest absolute Gasteiger partial charge is 0.241 e. The van der Waals surface area contributed by atoms with E-state index in [0.717, 1.165) is 43.6 Å². The summed E-state index contributed by atoms with van der Waals surface area (Å²) in [7, 11) is 0. The summed E-state index contributed by atoms with van der Waals surface area (Å²) in [5.41, 5.74) is 1.70. The normalized spacial score (nSPS) is 19.9. The van der Waals surface area contributed by atoms with Crippen LogP contribution in [0.4, 0.5) is 10.2 Å². The summed E-state index contributed by atoms with van der Waals surface area (Å²) in [5, 5.41) is 4.26. The van der Waals surface area contributed by atoms with Crippen LogP contribution >= 0.6 is 0 Å².